The molecule has 0 spiro atoms. The average molecular weight is 373 g/mol. The number of hydrogen-bond acceptors (Lipinski definition) is 3. The maximum absolute atomic E-state index is 6.44. The van der Waals surface area contributed by atoms with Gasteiger partial charge in [0.1, 0.15) is 5.75 Å². The largest absolute Gasteiger partial charge is 0.497 e. The van der Waals surface area contributed by atoms with Crippen molar-refractivity contribution in [2.75, 3.05) is 7.11 Å². The molecule has 5 heteroatoms. The molecule has 3 rings (SSSR count). The zero-order chi connectivity index (χ0) is 18.0. The second kappa shape index (κ2) is 7.44. The first kappa shape index (κ1) is 17.7. The number of aromatic nitrogens is 1. The maximum Gasteiger partial charge on any atom is 0.118 e. The van der Waals surface area contributed by atoms with Crippen LogP contribution in [0.2, 0.25) is 10.0 Å². The first-order chi connectivity index (χ1) is 12.0. The van der Waals surface area contributed by atoms with Gasteiger partial charge in [0, 0.05) is 39.0 Å². The van der Waals surface area contributed by atoms with Crippen LogP contribution in [0.4, 0.5) is 0 Å². The molecule has 25 heavy (non-hydrogen) atoms. The van der Waals surface area contributed by atoms with Crippen LogP contribution in [0.15, 0.2) is 48.5 Å². The van der Waals surface area contributed by atoms with Gasteiger partial charge in [-0.1, -0.05) is 29.3 Å². The van der Waals surface area contributed by atoms with Crippen LogP contribution < -0.4 is 10.5 Å². The van der Waals surface area contributed by atoms with Crippen LogP contribution in [0.25, 0.3) is 22.4 Å². The molecule has 0 aliphatic rings. The molecule has 1 heterocycles. The molecule has 0 radical (unpaired) electrons. The lowest BCUT2D eigenvalue weighted by Gasteiger charge is -2.15. The van der Waals surface area contributed by atoms with E-state index in [1.54, 1.807) is 13.2 Å². The van der Waals surface area contributed by atoms with Gasteiger partial charge in [-0.05, 0) is 55.0 Å². The van der Waals surface area contributed by atoms with Gasteiger partial charge in [-0.15, -0.1) is 0 Å². The summed E-state index contributed by atoms with van der Waals surface area (Å²) in [6.45, 7) is 2.38. The van der Waals surface area contributed by atoms with Crippen molar-refractivity contribution >= 4 is 23.2 Å². The number of nitrogens with zero attached hydrogens (tertiary/aromatic N) is 1. The molecular formula is C20H18Cl2N2O. The number of hydrogen-bond donors (Lipinski definition) is 1. The molecule has 3 nitrogen and oxygen atoms in total. The van der Waals surface area contributed by atoms with E-state index < -0.39 is 0 Å². The summed E-state index contributed by atoms with van der Waals surface area (Å²) in [5.41, 5.74) is 11.4. The summed E-state index contributed by atoms with van der Waals surface area (Å²) < 4.78 is 5.24. The van der Waals surface area contributed by atoms with E-state index in [0.717, 1.165) is 39.4 Å². The number of nitrogens with two attached hydrogens (primary N) is 1. The third-order valence-electron chi connectivity index (χ3n) is 4.12. The van der Waals surface area contributed by atoms with Crippen LogP contribution in [0.1, 0.15) is 11.3 Å². The molecule has 0 aliphatic carbocycles. The van der Waals surface area contributed by atoms with Gasteiger partial charge < -0.3 is 10.5 Å². The third-order valence-corrected chi connectivity index (χ3v) is 4.67. The Kier molecular flexibility index (Phi) is 5.28. The molecule has 0 atom stereocenters. The Balaban J connectivity index is 2.24. The summed E-state index contributed by atoms with van der Waals surface area (Å²) in [4.78, 5) is 4.80. The van der Waals surface area contributed by atoms with Gasteiger partial charge in [-0.2, -0.15) is 0 Å². The highest BCUT2D eigenvalue weighted by atomic mass is 35.5. The first-order valence-electron chi connectivity index (χ1n) is 7.84. The minimum absolute atomic E-state index is 0.417. The number of aryl methyl sites for hydroxylation is 1. The predicted octanol–water partition coefficient (Wildman–Crippen LogP) is 5.50. The Labute approximate surface area is 157 Å². The Morgan fingerprint density at radius 3 is 2.32 bits per heavy atom. The van der Waals surface area contributed by atoms with E-state index in [2.05, 4.69) is 6.07 Å². The summed E-state index contributed by atoms with van der Waals surface area (Å²) >= 11 is 12.5. The monoisotopic (exact) mass is 372 g/mol. The van der Waals surface area contributed by atoms with Crippen molar-refractivity contribution in [3.63, 3.8) is 0 Å². The lowest BCUT2D eigenvalue weighted by atomic mass is 9.96. The van der Waals surface area contributed by atoms with Gasteiger partial charge in [-0.25, -0.2) is 0 Å². The number of rotatable bonds is 4. The topological polar surface area (TPSA) is 48.1 Å². The van der Waals surface area contributed by atoms with E-state index in [0.29, 0.717) is 16.6 Å². The van der Waals surface area contributed by atoms with Gasteiger partial charge in [0.2, 0.25) is 0 Å². The third kappa shape index (κ3) is 3.64. The lowest BCUT2D eigenvalue weighted by molar-refractivity contribution is 0.415. The van der Waals surface area contributed by atoms with E-state index in [9.17, 15) is 0 Å². The summed E-state index contributed by atoms with van der Waals surface area (Å²) in [6.07, 6.45) is 0. The molecule has 2 N–H and O–H groups in total. The van der Waals surface area contributed by atoms with Crippen molar-refractivity contribution in [3.05, 3.63) is 69.8 Å². The molecule has 0 amide bonds. The van der Waals surface area contributed by atoms with Crippen LogP contribution in [0, 0.1) is 6.92 Å². The highest BCUT2D eigenvalue weighted by molar-refractivity contribution is 6.36. The second-order valence-corrected chi connectivity index (χ2v) is 6.53. The number of methoxy groups -OCH3 is 1. The SMILES string of the molecule is COc1ccc(-c2nc(C)c(CN)cc2-c2ccc(Cl)cc2Cl)cc1. The van der Waals surface area contributed by atoms with Gasteiger partial charge in [-0.3, -0.25) is 4.98 Å². The predicted molar refractivity (Wildman–Crippen MR) is 104 cm³/mol. The summed E-state index contributed by atoms with van der Waals surface area (Å²) in [7, 11) is 1.65. The summed E-state index contributed by atoms with van der Waals surface area (Å²) in [5, 5.41) is 1.18. The zero-order valence-electron chi connectivity index (χ0n) is 14.0. The van der Waals surface area contributed by atoms with E-state index in [-0.39, 0.29) is 0 Å². The standard InChI is InChI=1S/C20H18Cl2N2O/c1-12-14(11-23)9-18(17-8-5-15(21)10-19(17)22)20(24-12)13-3-6-16(25-2)7-4-13/h3-10H,11,23H2,1-2H3. The second-order valence-electron chi connectivity index (χ2n) is 5.69. The summed E-state index contributed by atoms with van der Waals surface area (Å²) in [5.74, 6) is 0.796. The fourth-order valence-electron chi connectivity index (χ4n) is 2.74. The molecule has 3 aromatic rings. The molecule has 0 aliphatic heterocycles. The van der Waals surface area contributed by atoms with E-state index in [4.69, 9.17) is 38.7 Å². The van der Waals surface area contributed by atoms with Gasteiger partial charge in [0.05, 0.1) is 12.8 Å². The van der Waals surface area contributed by atoms with E-state index >= 15 is 0 Å². The van der Waals surface area contributed by atoms with Crippen molar-refractivity contribution in [2.45, 2.75) is 13.5 Å². The quantitative estimate of drug-likeness (QED) is 0.657. The Bertz CT molecular complexity index is 908. The lowest BCUT2D eigenvalue weighted by Crippen LogP contribution is -2.03. The van der Waals surface area contributed by atoms with E-state index in [1.807, 2.05) is 43.3 Å². The molecule has 0 unspecified atom stereocenters. The molecular weight excluding hydrogens is 355 g/mol. The molecule has 128 valence electrons. The molecule has 2 aromatic carbocycles. The average Bonchev–Trinajstić information content (AvgIpc) is 2.62. The van der Waals surface area contributed by atoms with Crippen molar-refractivity contribution in [1.82, 2.24) is 4.98 Å². The zero-order valence-corrected chi connectivity index (χ0v) is 15.5. The smallest absolute Gasteiger partial charge is 0.118 e. The number of pyridine rings is 1. The van der Waals surface area contributed by atoms with E-state index in [1.165, 1.54) is 0 Å². The van der Waals surface area contributed by atoms with Crippen molar-refractivity contribution < 1.29 is 4.74 Å². The molecule has 0 saturated heterocycles. The van der Waals surface area contributed by atoms with Crippen LogP contribution in [-0.2, 0) is 6.54 Å². The highest BCUT2D eigenvalue weighted by Crippen LogP contribution is 2.37. The number of benzene rings is 2. The van der Waals surface area contributed by atoms with Gasteiger partial charge in [0.25, 0.3) is 0 Å². The van der Waals surface area contributed by atoms with Gasteiger partial charge in [0.15, 0.2) is 0 Å². The Hall–Kier alpha value is -2.07. The summed E-state index contributed by atoms with van der Waals surface area (Å²) in [6, 6.07) is 15.3. The normalized spacial score (nSPS) is 10.8. The van der Waals surface area contributed by atoms with Crippen LogP contribution in [0.3, 0.4) is 0 Å². The minimum Gasteiger partial charge on any atom is -0.497 e. The van der Waals surface area contributed by atoms with Crippen molar-refractivity contribution in [3.8, 4) is 28.1 Å². The fraction of sp³-hybridized carbons (Fsp3) is 0.150. The first-order valence-corrected chi connectivity index (χ1v) is 8.59. The van der Waals surface area contributed by atoms with Crippen LogP contribution >= 0.6 is 23.2 Å². The highest BCUT2D eigenvalue weighted by Gasteiger charge is 2.15. The molecule has 1 aromatic heterocycles. The molecule has 0 fully saturated rings. The fourth-order valence-corrected chi connectivity index (χ4v) is 3.25. The maximum atomic E-state index is 6.44. The Morgan fingerprint density at radius 2 is 1.72 bits per heavy atom. The molecule has 0 bridgehead atoms. The van der Waals surface area contributed by atoms with Crippen LogP contribution in [-0.4, -0.2) is 12.1 Å². The van der Waals surface area contributed by atoms with Crippen LogP contribution in [0.5, 0.6) is 5.75 Å². The number of halogens is 2. The van der Waals surface area contributed by atoms with Crippen molar-refractivity contribution in [1.29, 1.82) is 0 Å². The minimum atomic E-state index is 0.417. The molecule has 0 saturated carbocycles. The van der Waals surface area contributed by atoms with Gasteiger partial charge >= 0.3 is 0 Å². The van der Waals surface area contributed by atoms with Crippen molar-refractivity contribution in [2.24, 2.45) is 5.73 Å². The Morgan fingerprint density at radius 1 is 1.00 bits per heavy atom. The number of ether oxygens (including phenoxy) is 1.